The molecule has 3 aromatic rings. The number of thiazole rings is 1. The van der Waals surface area contributed by atoms with Gasteiger partial charge in [-0.1, -0.05) is 35.1 Å². The summed E-state index contributed by atoms with van der Waals surface area (Å²) in [5.41, 5.74) is 2.07. The first-order valence-corrected chi connectivity index (χ1v) is 8.99. The fourth-order valence-corrected chi connectivity index (χ4v) is 3.40. The van der Waals surface area contributed by atoms with Crippen molar-refractivity contribution in [2.45, 2.75) is 20.4 Å². The van der Waals surface area contributed by atoms with Crippen LogP contribution >= 0.6 is 22.9 Å². The molecule has 0 bridgehead atoms. The fourth-order valence-electron chi connectivity index (χ4n) is 2.35. The second-order valence-corrected chi connectivity index (χ2v) is 7.00. The summed E-state index contributed by atoms with van der Waals surface area (Å²) in [5.74, 6) is 2.18. The lowest BCUT2D eigenvalue weighted by molar-refractivity contribution is 1.05. The second-order valence-electron chi connectivity index (χ2n) is 5.48. The van der Waals surface area contributed by atoms with Crippen LogP contribution in [0.1, 0.15) is 16.3 Å². The molecule has 0 unspecified atom stereocenters. The van der Waals surface area contributed by atoms with Crippen LogP contribution in [0.5, 0.6) is 0 Å². The van der Waals surface area contributed by atoms with Crippen LogP contribution in [0.25, 0.3) is 0 Å². The fraction of sp³-hybridized carbons (Fsp3) is 0.235. The summed E-state index contributed by atoms with van der Waals surface area (Å²) < 4.78 is 0. The van der Waals surface area contributed by atoms with Crippen LogP contribution in [-0.4, -0.2) is 22.0 Å². The second kappa shape index (κ2) is 7.67. The number of para-hydroxylation sites is 1. The molecule has 0 aliphatic heterocycles. The summed E-state index contributed by atoms with van der Waals surface area (Å²) in [5, 5.41) is 11.1. The van der Waals surface area contributed by atoms with Gasteiger partial charge in [0.05, 0.1) is 17.3 Å². The van der Waals surface area contributed by atoms with E-state index in [1.54, 1.807) is 11.3 Å². The zero-order valence-electron chi connectivity index (χ0n) is 14.2. The van der Waals surface area contributed by atoms with Gasteiger partial charge in [0.15, 0.2) is 5.13 Å². The minimum Gasteiger partial charge on any atom is -0.379 e. The summed E-state index contributed by atoms with van der Waals surface area (Å²) in [6.07, 6.45) is 1.85. The predicted octanol–water partition coefficient (Wildman–Crippen LogP) is 4.60. The molecule has 3 rings (SSSR count). The first kappa shape index (κ1) is 17.4. The van der Waals surface area contributed by atoms with Crippen molar-refractivity contribution in [1.82, 2.24) is 15.0 Å². The summed E-state index contributed by atoms with van der Waals surface area (Å²) in [6.45, 7) is 4.55. The number of rotatable bonds is 6. The minimum atomic E-state index is 0.661. The van der Waals surface area contributed by atoms with E-state index in [1.807, 2.05) is 51.4 Å². The molecule has 130 valence electrons. The number of nitrogens with zero attached hydrogens (tertiary/aromatic N) is 3. The Labute approximate surface area is 155 Å². The van der Waals surface area contributed by atoms with E-state index in [-0.39, 0.29) is 0 Å². The van der Waals surface area contributed by atoms with Crippen molar-refractivity contribution in [3.8, 4) is 0 Å². The van der Waals surface area contributed by atoms with E-state index in [0.29, 0.717) is 18.2 Å². The van der Waals surface area contributed by atoms with Crippen LogP contribution < -0.4 is 16.0 Å². The number of hydrogen-bond acceptors (Lipinski definition) is 7. The molecule has 0 spiro atoms. The first-order valence-electron chi connectivity index (χ1n) is 7.79. The molecule has 8 heteroatoms. The van der Waals surface area contributed by atoms with Crippen molar-refractivity contribution < 1.29 is 0 Å². The lowest BCUT2D eigenvalue weighted by atomic mass is 10.2. The van der Waals surface area contributed by atoms with Crippen molar-refractivity contribution in [2.75, 3.05) is 23.0 Å². The van der Waals surface area contributed by atoms with Crippen molar-refractivity contribution in [3.05, 3.63) is 51.7 Å². The molecule has 0 radical (unpaired) electrons. The van der Waals surface area contributed by atoms with Gasteiger partial charge < -0.3 is 16.0 Å². The van der Waals surface area contributed by atoms with Crippen molar-refractivity contribution in [3.63, 3.8) is 0 Å². The van der Waals surface area contributed by atoms with Crippen molar-refractivity contribution >= 4 is 45.4 Å². The van der Waals surface area contributed by atoms with Gasteiger partial charge in [-0.05, 0) is 25.5 Å². The number of aryl methyl sites for hydroxylation is 2. The van der Waals surface area contributed by atoms with Gasteiger partial charge >= 0.3 is 0 Å². The molecule has 0 fully saturated rings. The standard InChI is InChI=1S/C17H19ClN6S/c1-10-5-4-6-13(18)16(10)20-8-12-9-21-17(25-12)24-15-7-14(19-3)22-11(2)23-15/h4-7,9,20H,8H2,1-3H3,(H2,19,21,22,23,24). The Bertz CT molecular complexity index is 859. The molecular weight excluding hydrogens is 356 g/mol. The Morgan fingerprint density at radius 2 is 1.96 bits per heavy atom. The number of nitrogens with one attached hydrogen (secondary N) is 3. The summed E-state index contributed by atoms with van der Waals surface area (Å²) in [4.78, 5) is 14.2. The Morgan fingerprint density at radius 1 is 1.16 bits per heavy atom. The van der Waals surface area contributed by atoms with E-state index in [2.05, 4.69) is 30.9 Å². The molecule has 3 N–H and O–H groups in total. The molecule has 25 heavy (non-hydrogen) atoms. The van der Waals surface area contributed by atoms with Crippen LogP contribution in [0, 0.1) is 13.8 Å². The summed E-state index contributed by atoms with van der Waals surface area (Å²) in [7, 11) is 1.83. The van der Waals surface area contributed by atoms with Crippen LogP contribution in [0.4, 0.5) is 22.5 Å². The molecule has 0 aliphatic rings. The van der Waals surface area contributed by atoms with E-state index in [9.17, 15) is 0 Å². The van der Waals surface area contributed by atoms with Gasteiger partial charge in [-0.2, -0.15) is 0 Å². The zero-order chi connectivity index (χ0) is 17.8. The highest BCUT2D eigenvalue weighted by Gasteiger charge is 2.07. The molecule has 0 atom stereocenters. The van der Waals surface area contributed by atoms with E-state index in [0.717, 1.165) is 32.1 Å². The highest BCUT2D eigenvalue weighted by atomic mass is 35.5. The SMILES string of the molecule is CNc1cc(Nc2ncc(CNc3c(C)cccc3Cl)s2)nc(C)n1. The minimum absolute atomic E-state index is 0.661. The molecule has 6 nitrogen and oxygen atoms in total. The third kappa shape index (κ3) is 4.37. The van der Waals surface area contributed by atoms with Gasteiger partial charge in [-0.25, -0.2) is 15.0 Å². The summed E-state index contributed by atoms with van der Waals surface area (Å²) in [6, 6.07) is 7.71. The predicted molar refractivity (Wildman–Crippen MR) is 105 cm³/mol. The average molecular weight is 375 g/mol. The largest absolute Gasteiger partial charge is 0.379 e. The molecule has 2 aromatic heterocycles. The molecule has 0 saturated heterocycles. The number of benzene rings is 1. The van der Waals surface area contributed by atoms with E-state index < -0.39 is 0 Å². The molecule has 2 heterocycles. The van der Waals surface area contributed by atoms with E-state index in [1.165, 1.54) is 0 Å². The Morgan fingerprint density at radius 3 is 2.72 bits per heavy atom. The molecule has 0 amide bonds. The molecule has 0 saturated carbocycles. The zero-order valence-corrected chi connectivity index (χ0v) is 15.8. The Balaban J connectivity index is 1.68. The van der Waals surface area contributed by atoms with Crippen LogP contribution in [0.15, 0.2) is 30.5 Å². The highest BCUT2D eigenvalue weighted by Crippen LogP contribution is 2.28. The van der Waals surface area contributed by atoms with Crippen LogP contribution in [0.3, 0.4) is 0 Å². The van der Waals surface area contributed by atoms with Gasteiger partial charge in [-0.15, -0.1) is 0 Å². The van der Waals surface area contributed by atoms with Gasteiger partial charge in [0.25, 0.3) is 0 Å². The maximum absolute atomic E-state index is 6.24. The maximum Gasteiger partial charge on any atom is 0.188 e. The van der Waals surface area contributed by atoms with Crippen molar-refractivity contribution in [2.24, 2.45) is 0 Å². The van der Waals surface area contributed by atoms with Crippen LogP contribution in [0.2, 0.25) is 5.02 Å². The molecular formula is C17H19ClN6S. The van der Waals surface area contributed by atoms with Crippen LogP contribution in [-0.2, 0) is 6.54 Å². The van der Waals surface area contributed by atoms with Crippen molar-refractivity contribution in [1.29, 1.82) is 0 Å². The van der Waals surface area contributed by atoms with Gasteiger partial charge in [0, 0.05) is 24.2 Å². The lowest BCUT2D eigenvalue weighted by Gasteiger charge is -2.10. The lowest BCUT2D eigenvalue weighted by Crippen LogP contribution is -2.00. The molecule has 0 aliphatic carbocycles. The van der Waals surface area contributed by atoms with Gasteiger partial charge in [0.2, 0.25) is 0 Å². The third-order valence-electron chi connectivity index (χ3n) is 3.54. The highest BCUT2D eigenvalue weighted by molar-refractivity contribution is 7.15. The number of anilines is 4. The third-order valence-corrected chi connectivity index (χ3v) is 4.77. The van der Waals surface area contributed by atoms with E-state index in [4.69, 9.17) is 11.6 Å². The average Bonchev–Trinajstić information content (AvgIpc) is 3.01. The topological polar surface area (TPSA) is 74.8 Å². The maximum atomic E-state index is 6.24. The first-order chi connectivity index (χ1) is 12.0. The normalized spacial score (nSPS) is 10.6. The Kier molecular flexibility index (Phi) is 5.35. The molecule has 1 aromatic carbocycles. The number of aromatic nitrogens is 3. The van der Waals surface area contributed by atoms with E-state index >= 15 is 0 Å². The monoisotopic (exact) mass is 374 g/mol. The quantitative estimate of drug-likeness (QED) is 0.585. The smallest absolute Gasteiger partial charge is 0.188 e. The summed E-state index contributed by atoms with van der Waals surface area (Å²) >= 11 is 7.81. The van der Waals surface area contributed by atoms with Gasteiger partial charge in [-0.3, -0.25) is 0 Å². The number of halogens is 1. The van der Waals surface area contributed by atoms with Gasteiger partial charge in [0.1, 0.15) is 17.5 Å². The Hall–Kier alpha value is -2.38. The number of hydrogen-bond donors (Lipinski definition) is 3.